The molecule has 4 rings (SSSR count). The lowest BCUT2D eigenvalue weighted by Gasteiger charge is -2.36. The van der Waals surface area contributed by atoms with Gasteiger partial charge in [0, 0.05) is 30.4 Å². The molecule has 0 amide bonds. The van der Waals surface area contributed by atoms with E-state index in [4.69, 9.17) is 14.8 Å². The van der Waals surface area contributed by atoms with Crippen molar-refractivity contribution in [1.82, 2.24) is 14.6 Å². The number of nitrogens with zero attached hydrogens (tertiary/aromatic N) is 4. The number of anilines is 1. The van der Waals surface area contributed by atoms with Crippen LogP contribution in [0.3, 0.4) is 0 Å². The number of fused-ring (bicyclic) bond motifs is 1. The van der Waals surface area contributed by atoms with Crippen LogP contribution in [0.5, 0.6) is 0 Å². The Morgan fingerprint density at radius 3 is 2.59 bits per heavy atom. The van der Waals surface area contributed by atoms with Crippen molar-refractivity contribution in [3.8, 4) is 11.3 Å². The maximum absolute atomic E-state index is 12.4. The van der Waals surface area contributed by atoms with Gasteiger partial charge in [0.05, 0.1) is 16.9 Å². The number of carboxylic acids is 1. The van der Waals surface area contributed by atoms with Crippen molar-refractivity contribution in [3.05, 3.63) is 47.7 Å². The van der Waals surface area contributed by atoms with Crippen LogP contribution in [0.15, 0.2) is 36.4 Å². The van der Waals surface area contributed by atoms with Gasteiger partial charge in [0.15, 0.2) is 11.8 Å². The van der Waals surface area contributed by atoms with Gasteiger partial charge in [-0.1, -0.05) is 37.3 Å². The molecule has 1 saturated heterocycles. The normalized spacial score (nSPS) is 18.2. The fraction of sp³-hybridized carbons (Fsp3) is 0.480. The van der Waals surface area contributed by atoms with E-state index in [1.54, 1.807) is 0 Å². The van der Waals surface area contributed by atoms with Crippen molar-refractivity contribution in [2.24, 2.45) is 5.92 Å². The number of rotatable bonds is 5. The Morgan fingerprint density at radius 2 is 1.97 bits per heavy atom. The van der Waals surface area contributed by atoms with Gasteiger partial charge < -0.3 is 14.7 Å². The number of benzene rings is 1. The molecular weight excluding hydrogens is 404 g/mol. The molecule has 2 aromatic heterocycles. The SMILES string of the molecule is Cc1nc2cc(-c3ccccc3)nn2c(N2CCCC(C)C2)c1C(OC(C)(C)C)C(=O)O. The molecule has 32 heavy (non-hydrogen) atoms. The molecule has 3 heterocycles. The van der Waals surface area contributed by atoms with E-state index in [9.17, 15) is 9.90 Å². The Labute approximate surface area is 189 Å². The fourth-order valence-electron chi connectivity index (χ4n) is 4.44. The van der Waals surface area contributed by atoms with Crippen molar-refractivity contribution in [3.63, 3.8) is 0 Å². The molecule has 7 nitrogen and oxygen atoms in total. The summed E-state index contributed by atoms with van der Waals surface area (Å²) in [6, 6.07) is 11.9. The average Bonchev–Trinajstić information content (AvgIpc) is 3.14. The highest BCUT2D eigenvalue weighted by Gasteiger charge is 2.35. The van der Waals surface area contributed by atoms with E-state index in [1.165, 1.54) is 0 Å². The van der Waals surface area contributed by atoms with Gasteiger partial charge in [-0.3, -0.25) is 0 Å². The summed E-state index contributed by atoms with van der Waals surface area (Å²) in [7, 11) is 0. The predicted octanol–water partition coefficient (Wildman–Crippen LogP) is 4.88. The first-order chi connectivity index (χ1) is 15.1. The zero-order valence-corrected chi connectivity index (χ0v) is 19.5. The summed E-state index contributed by atoms with van der Waals surface area (Å²) in [5, 5.41) is 15.0. The van der Waals surface area contributed by atoms with Crippen LogP contribution in [-0.4, -0.2) is 44.4 Å². The molecule has 1 aromatic carbocycles. The maximum Gasteiger partial charge on any atom is 0.337 e. The Bertz CT molecular complexity index is 1120. The largest absolute Gasteiger partial charge is 0.479 e. The number of hydrogen-bond acceptors (Lipinski definition) is 5. The fourth-order valence-corrected chi connectivity index (χ4v) is 4.44. The highest BCUT2D eigenvalue weighted by Crippen LogP contribution is 2.37. The number of ether oxygens (including phenoxy) is 1. The van der Waals surface area contributed by atoms with Crippen LogP contribution in [-0.2, 0) is 9.53 Å². The molecule has 2 unspecified atom stereocenters. The lowest BCUT2D eigenvalue weighted by atomic mass is 9.98. The minimum atomic E-state index is -1.14. The first-order valence-electron chi connectivity index (χ1n) is 11.3. The van der Waals surface area contributed by atoms with Crippen molar-refractivity contribution in [2.45, 2.75) is 59.2 Å². The van der Waals surface area contributed by atoms with Gasteiger partial charge in [-0.05, 0) is 46.5 Å². The molecule has 1 fully saturated rings. The molecule has 0 radical (unpaired) electrons. The van der Waals surface area contributed by atoms with E-state index >= 15 is 0 Å². The molecule has 0 spiro atoms. The molecule has 3 aromatic rings. The lowest BCUT2D eigenvalue weighted by molar-refractivity contribution is -0.160. The van der Waals surface area contributed by atoms with Crippen LogP contribution >= 0.6 is 0 Å². The summed E-state index contributed by atoms with van der Waals surface area (Å²) in [6.07, 6.45) is 1.08. The smallest absolute Gasteiger partial charge is 0.337 e. The van der Waals surface area contributed by atoms with Crippen LogP contribution in [0.2, 0.25) is 0 Å². The summed E-state index contributed by atoms with van der Waals surface area (Å²) >= 11 is 0. The number of piperidine rings is 1. The molecule has 1 aliphatic heterocycles. The number of aromatic nitrogens is 3. The molecule has 1 aliphatic rings. The third-order valence-electron chi connectivity index (χ3n) is 5.79. The highest BCUT2D eigenvalue weighted by atomic mass is 16.5. The number of carboxylic acid groups (broad SMARTS) is 1. The van der Waals surface area contributed by atoms with E-state index in [0.29, 0.717) is 22.8 Å². The van der Waals surface area contributed by atoms with Crippen LogP contribution < -0.4 is 4.90 Å². The van der Waals surface area contributed by atoms with Gasteiger partial charge in [0.2, 0.25) is 0 Å². The molecular formula is C25H32N4O3. The second-order valence-corrected chi connectivity index (χ2v) is 9.74. The second kappa shape index (κ2) is 8.54. The van der Waals surface area contributed by atoms with E-state index in [1.807, 2.05) is 68.6 Å². The van der Waals surface area contributed by atoms with Crippen LogP contribution in [0.25, 0.3) is 16.9 Å². The van der Waals surface area contributed by atoms with Crippen LogP contribution in [0, 0.1) is 12.8 Å². The molecule has 7 heteroatoms. The molecule has 170 valence electrons. The van der Waals surface area contributed by atoms with Gasteiger partial charge in [-0.25, -0.2) is 9.78 Å². The topological polar surface area (TPSA) is 80.0 Å². The van der Waals surface area contributed by atoms with Gasteiger partial charge in [0.1, 0.15) is 5.82 Å². The molecule has 2 atom stereocenters. The summed E-state index contributed by atoms with van der Waals surface area (Å²) < 4.78 is 7.87. The van der Waals surface area contributed by atoms with Crippen molar-refractivity contribution in [1.29, 1.82) is 0 Å². The van der Waals surface area contributed by atoms with E-state index in [-0.39, 0.29) is 0 Å². The zero-order chi connectivity index (χ0) is 23.0. The van der Waals surface area contributed by atoms with Crippen LogP contribution in [0.1, 0.15) is 57.9 Å². The molecule has 0 bridgehead atoms. The monoisotopic (exact) mass is 436 g/mol. The van der Waals surface area contributed by atoms with E-state index < -0.39 is 17.7 Å². The number of aryl methyl sites for hydroxylation is 1. The van der Waals surface area contributed by atoms with E-state index in [2.05, 4.69) is 11.8 Å². The van der Waals surface area contributed by atoms with Gasteiger partial charge in [-0.15, -0.1) is 0 Å². The number of carbonyl (C=O) groups is 1. The maximum atomic E-state index is 12.4. The molecule has 1 N–H and O–H groups in total. The Kier molecular flexibility index (Phi) is 5.95. The van der Waals surface area contributed by atoms with Gasteiger partial charge in [0.25, 0.3) is 0 Å². The highest BCUT2D eigenvalue weighted by molar-refractivity contribution is 5.79. The summed E-state index contributed by atoms with van der Waals surface area (Å²) in [4.78, 5) is 19.4. The molecule has 0 aliphatic carbocycles. The summed E-state index contributed by atoms with van der Waals surface area (Å²) in [5.74, 6) is 0.264. The predicted molar refractivity (Wildman–Crippen MR) is 125 cm³/mol. The summed E-state index contributed by atoms with van der Waals surface area (Å²) in [6.45, 7) is 11.4. The lowest BCUT2D eigenvalue weighted by Crippen LogP contribution is -2.38. The minimum absolute atomic E-state index is 0.510. The first-order valence-corrected chi connectivity index (χ1v) is 11.3. The van der Waals surface area contributed by atoms with Gasteiger partial charge >= 0.3 is 5.97 Å². The quantitative estimate of drug-likeness (QED) is 0.614. The zero-order valence-electron chi connectivity index (χ0n) is 19.5. The summed E-state index contributed by atoms with van der Waals surface area (Å²) in [5.41, 5.74) is 3.12. The third kappa shape index (κ3) is 4.48. The second-order valence-electron chi connectivity index (χ2n) is 9.74. The van der Waals surface area contributed by atoms with E-state index in [0.717, 1.165) is 43.0 Å². The number of aliphatic carboxylic acids is 1. The minimum Gasteiger partial charge on any atom is -0.479 e. The average molecular weight is 437 g/mol. The first kappa shape index (κ1) is 22.3. The Balaban J connectivity index is 1.96. The van der Waals surface area contributed by atoms with Crippen molar-refractivity contribution >= 4 is 17.4 Å². The van der Waals surface area contributed by atoms with Crippen molar-refractivity contribution in [2.75, 3.05) is 18.0 Å². The Hall–Kier alpha value is -2.93. The number of hydrogen-bond donors (Lipinski definition) is 1. The Morgan fingerprint density at radius 1 is 1.25 bits per heavy atom. The third-order valence-corrected chi connectivity index (χ3v) is 5.79. The van der Waals surface area contributed by atoms with Crippen molar-refractivity contribution < 1.29 is 14.6 Å². The molecule has 0 saturated carbocycles. The standard InChI is InChI=1S/C25H32N4O3/c1-16-10-9-13-28(15-16)23-21(22(24(30)31)32-25(3,4)5)17(2)26-20-14-19(27-29(20)23)18-11-7-6-8-12-18/h6-8,11-12,14,16,22H,9-10,13,15H2,1-5H3,(H,30,31). The van der Waals surface area contributed by atoms with Gasteiger partial charge in [-0.2, -0.15) is 9.61 Å². The van der Waals surface area contributed by atoms with Crippen LogP contribution in [0.4, 0.5) is 5.82 Å².